The first-order valence-corrected chi connectivity index (χ1v) is 7.92. The van der Waals surface area contributed by atoms with Crippen LogP contribution in [0.25, 0.3) is 0 Å². The molecule has 3 heterocycles. The van der Waals surface area contributed by atoms with Gasteiger partial charge in [-0.05, 0) is 59.7 Å². The molecule has 0 unspecified atom stereocenters. The van der Waals surface area contributed by atoms with Gasteiger partial charge in [-0.3, -0.25) is 15.3 Å². The van der Waals surface area contributed by atoms with Crippen LogP contribution in [0, 0.1) is 72.2 Å². The molecule has 0 saturated heterocycles. The molecule has 0 aliphatic rings. The van der Waals surface area contributed by atoms with Crippen LogP contribution in [-0.4, -0.2) is 40.8 Å². The maximum absolute atomic E-state index is 8.25. The molecule has 0 saturated carbocycles. The van der Waals surface area contributed by atoms with Gasteiger partial charge in [0.2, 0.25) is 0 Å². The summed E-state index contributed by atoms with van der Waals surface area (Å²) in [5.74, 6) is 0. The number of rotatable bonds is 0. The van der Waals surface area contributed by atoms with E-state index < -0.39 is 10.2 Å². The zero-order valence-corrected chi connectivity index (χ0v) is 18.2. The first kappa shape index (κ1) is 31.3. The van der Waals surface area contributed by atoms with Crippen molar-refractivity contribution in [1.82, 2.24) is 30.6 Å². The normalized spacial score (nSPS) is 8.20. The zero-order valence-electron chi connectivity index (χ0n) is 17.2. The van der Waals surface area contributed by atoms with E-state index in [1.165, 1.54) is 0 Å². The van der Waals surface area contributed by atoms with Gasteiger partial charge in [-0.25, -0.2) is 0 Å². The molecule has 0 aromatic carbocycles. The van der Waals surface area contributed by atoms with E-state index in [2.05, 4.69) is 30.6 Å². The van der Waals surface area contributed by atoms with E-state index in [1.807, 2.05) is 59.7 Å². The molecule has 3 aromatic heterocycles. The average molecular weight is 476 g/mol. The molecule has 3 aromatic rings. The number of nitrogens with zero attached hydrogens (tertiary/aromatic N) is 5. The van der Waals surface area contributed by atoms with Crippen molar-refractivity contribution in [2.45, 2.75) is 41.5 Å². The minimum atomic E-state index is -1.75. The third-order valence-electron chi connectivity index (χ3n) is 2.50. The fraction of sp³-hybridized carbons (Fsp3) is 0.400. The van der Waals surface area contributed by atoms with Crippen LogP contribution in [0.3, 0.4) is 0 Å². The molecule has 0 spiro atoms. The van der Waals surface area contributed by atoms with Gasteiger partial charge in [-0.2, -0.15) is 15.3 Å². The number of aryl methyl sites for hydroxylation is 6. The van der Waals surface area contributed by atoms with Crippen LogP contribution in [0.1, 0.15) is 34.2 Å². The molecule has 15 heteroatoms. The summed E-state index contributed by atoms with van der Waals surface area (Å²) >= 11 is 0. The quantitative estimate of drug-likeness (QED) is 0.246. The molecule has 0 amide bonds. The Morgan fingerprint density at radius 1 is 0.600 bits per heavy atom. The number of aromatic amines is 3. The fourth-order valence-electron chi connectivity index (χ4n) is 1.66. The summed E-state index contributed by atoms with van der Waals surface area (Å²) in [6.07, 6.45) is 0. The van der Waals surface area contributed by atoms with E-state index >= 15 is 0 Å². The summed E-state index contributed by atoms with van der Waals surface area (Å²) in [6, 6.07) is 6.00. The molecular formula is C15H24CuN8O6. The van der Waals surface area contributed by atoms with E-state index in [1.54, 1.807) is 0 Å². The van der Waals surface area contributed by atoms with Gasteiger partial charge in [0.25, 0.3) is 0 Å². The minimum Gasteiger partial charge on any atom is -0.356 e. The van der Waals surface area contributed by atoms with Gasteiger partial charge in [-0.15, -0.1) is 0 Å². The van der Waals surface area contributed by atoms with E-state index in [4.69, 9.17) is 30.6 Å². The fourth-order valence-corrected chi connectivity index (χ4v) is 1.66. The zero-order chi connectivity index (χ0) is 23.0. The number of hydrogen-bond donors (Lipinski definition) is 3. The van der Waals surface area contributed by atoms with Crippen LogP contribution >= 0.6 is 0 Å². The van der Waals surface area contributed by atoms with Crippen molar-refractivity contribution in [3.05, 3.63) is 83.0 Å². The van der Waals surface area contributed by atoms with Crippen molar-refractivity contribution < 1.29 is 27.2 Å². The third-order valence-corrected chi connectivity index (χ3v) is 2.50. The Morgan fingerprint density at radius 3 is 0.800 bits per heavy atom. The molecule has 0 aliphatic heterocycles. The van der Waals surface area contributed by atoms with Crippen molar-refractivity contribution in [2.24, 2.45) is 0 Å². The molecule has 0 aliphatic carbocycles. The molecule has 14 nitrogen and oxygen atoms in total. The van der Waals surface area contributed by atoms with Crippen LogP contribution in [-0.2, 0) is 17.1 Å². The van der Waals surface area contributed by atoms with Crippen molar-refractivity contribution in [3.63, 3.8) is 0 Å². The van der Waals surface area contributed by atoms with Crippen molar-refractivity contribution >= 4 is 0 Å². The van der Waals surface area contributed by atoms with Crippen molar-refractivity contribution in [3.8, 4) is 0 Å². The summed E-state index contributed by atoms with van der Waals surface area (Å²) < 4.78 is 0. The molecular weight excluding hydrogens is 452 g/mol. The van der Waals surface area contributed by atoms with Gasteiger partial charge in [0, 0.05) is 17.1 Å². The smallest absolute Gasteiger partial charge is 0.356 e. The summed E-state index contributed by atoms with van der Waals surface area (Å²) in [6.45, 7) is 11.8. The first-order chi connectivity index (χ1) is 13.3. The van der Waals surface area contributed by atoms with Crippen LogP contribution in [0.15, 0.2) is 18.2 Å². The Hall–Kier alpha value is -3.45. The van der Waals surface area contributed by atoms with Crippen molar-refractivity contribution in [2.75, 3.05) is 0 Å². The van der Waals surface area contributed by atoms with Gasteiger partial charge < -0.3 is 30.6 Å². The maximum Gasteiger partial charge on any atom is 2.00 e. The van der Waals surface area contributed by atoms with Gasteiger partial charge in [0.1, 0.15) is 0 Å². The van der Waals surface area contributed by atoms with Gasteiger partial charge in [-0.1, -0.05) is 0 Å². The topological polar surface area (TPSA) is 218 Å². The second-order valence-electron chi connectivity index (χ2n) is 5.52. The number of aromatic nitrogens is 6. The molecule has 0 atom stereocenters. The van der Waals surface area contributed by atoms with E-state index in [-0.39, 0.29) is 17.1 Å². The van der Waals surface area contributed by atoms with Gasteiger partial charge >= 0.3 is 17.1 Å². The largest absolute Gasteiger partial charge is 2.00 e. The molecule has 3 N–H and O–H groups in total. The SMILES string of the molecule is Cc1cc(C)[nH]n1.Cc1cc(C)[nH]n1.Cc1cc(C)[nH]n1.O=[N+]([O-])[O-].O=[N+]([O-])[O-].[Cu+2]. The second kappa shape index (κ2) is 17.6. The summed E-state index contributed by atoms with van der Waals surface area (Å²) in [7, 11) is 0. The minimum absolute atomic E-state index is 0. The van der Waals surface area contributed by atoms with Crippen LogP contribution < -0.4 is 0 Å². The van der Waals surface area contributed by atoms with Crippen LogP contribution in [0.5, 0.6) is 0 Å². The van der Waals surface area contributed by atoms with Crippen molar-refractivity contribution in [1.29, 1.82) is 0 Å². The second-order valence-corrected chi connectivity index (χ2v) is 5.52. The molecule has 30 heavy (non-hydrogen) atoms. The molecule has 1 radical (unpaired) electrons. The molecule has 0 fully saturated rings. The predicted octanol–water partition coefficient (Wildman–Crippen LogP) is 2.60. The standard InChI is InChI=1S/3C5H8N2.Cu.2NO3/c3*1-4-3-5(2)7-6-4;;2*2-1(3)4/h3*3H,1-2H3,(H,6,7);;;/q;;;+2;2*-1. The van der Waals surface area contributed by atoms with Gasteiger partial charge in [0.15, 0.2) is 0 Å². The Bertz CT molecular complexity index is 687. The Labute approximate surface area is 182 Å². The Balaban J connectivity index is -0.000000309. The predicted molar refractivity (Wildman–Crippen MR) is 105 cm³/mol. The maximum atomic E-state index is 8.25. The summed E-state index contributed by atoms with van der Waals surface area (Å²) in [5, 5.41) is 49.6. The van der Waals surface area contributed by atoms with E-state index in [0.29, 0.717) is 0 Å². The Morgan fingerprint density at radius 2 is 0.767 bits per heavy atom. The molecule has 0 bridgehead atoms. The molecule has 171 valence electrons. The van der Waals surface area contributed by atoms with E-state index in [0.717, 1.165) is 34.2 Å². The average Bonchev–Trinajstić information content (AvgIpc) is 3.23. The number of H-pyrrole nitrogens is 3. The monoisotopic (exact) mass is 475 g/mol. The number of nitrogens with one attached hydrogen (secondary N) is 3. The van der Waals surface area contributed by atoms with Crippen LogP contribution in [0.2, 0.25) is 0 Å². The third kappa shape index (κ3) is 24.5. The summed E-state index contributed by atoms with van der Waals surface area (Å²) in [5.41, 5.74) is 6.53. The van der Waals surface area contributed by atoms with E-state index in [9.17, 15) is 0 Å². The Kier molecular flexibility index (Phi) is 18.4. The summed E-state index contributed by atoms with van der Waals surface area (Å²) in [4.78, 5) is 16.5. The number of hydrogen-bond acceptors (Lipinski definition) is 9. The van der Waals surface area contributed by atoms with Gasteiger partial charge in [0.05, 0.1) is 27.3 Å². The first-order valence-electron chi connectivity index (χ1n) is 7.92. The van der Waals surface area contributed by atoms with Crippen LogP contribution in [0.4, 0.5) is 0 Å². The molecule has 3 rings (SSSR count).